The summed E-state index contributed by atoms with van der Waals surface area (Å²) >= 11 is 0. The highest BCUT2D eigenvalue weighted by Gasteiger charge is 2.60. The fraction of sp³-hybridized carbons (Fsp3) is 0.333. The van der Waals surface area contributed by atoms with Crippen molar-refractivity contribution in [2.75, 3.05) is 13.2 Å². The van der Waals surface area contributed by atoms with E-state index in [-0.39, 0.29) is 24.9 Å². The van der Waals surface area contributed by atoms with Crippen LogP contribution in [0, 0.1) is 0 Å². The summed E-state index contributed by atoms with van der Waals surface area (Å²) in [7, 11) is 0. The van der Waals surface area contributed by atoms with Crippen molar-refractivity contribution in [3.8, 4) is 0 Å². The van der Waals surface area contributed by atoms with Gasteiger partial charge in [0.05, 0.1) is 13.2 Å². The second-order valence-electron chi connectivity index (χ2n) is 5.64. The predicted octanol–water partition coefficient (Wildman–Crippen LogP) is 2.39. The molecule has 4 atom stereocenters. The summed E-state index contributed by atoms with van der Waals surface area (Å²) in [6.45, 7) is 0.396. The van der Waals surface area contributed by atoms with Crippen LogP contribution in [0.1, 0.15) is 17.2 Å². The van der Waals surface area contributed by atoms with Crippen LogP contribution >= 0.6 is 0 Å². The van der Waals surface area contributed by atoms with Crippen LogP contribution in [0.4, 0.5) is 0 Å². The molecule has 4 rings (SSSR count). The van der Waals surface area contributed by atoms with E-state index in [4.69, 9.17) is 14.2 Å². The van der Waals surface area contributed by atoms with Crippen molar-refractivity contribution in [2.45, 2.75) is 24.1 Å². The number of hydrogen-bond donors (Lipinski definition) is 1. The molecule has 0 amide bonds. The summed E-state index contributed by atoms with van der Waals surface area (Å²) < 4.78 is 17.3. The van der Waals surface area contributed by atoms with E-state index in [2.05, 4.69) is 12.1 Å². The molecule has 2 aliphatic heterocycles. The Bertz CT molecular complexity index is 630. The van der Waals surface area contributed by atoms with Crippen LogP contribution in [-0.4, -0.2) is 30.5 Å². The Kier molecular flexibility index (Phi) is 3.47. The minimum Gasteiger partial charge on any atom is -0.393 e. The van der Waals surface area contributed by atoms with Gasteiger partial charge in [-0.2, -0.15) is 0 Å². The predicted molar refractivity (Wildman–Crippen MR) is 80.1 cm³/mol. The first kappa shape index (κ1) is 13.9. The lowest BCUT2D eigenvalue weighted by Gasteiger charge is -2.13. The van der Waals surface area contributed by atoms with Crippen LogP contribution in [0.15, 0.2) is 60.7 Å². The van der Waals surface area contributed by atoms with Crippen LogP contribution in [0.3, 0.4) is 0 Å². The Morgan fingerprint density at radius 1 is 1.00 bits per heavy atom. The van der Waals surface area contributed by atoms with Gasteiger partial charge in [-0.3, -0.25) is 0 Å². The fourth-order valence-corrected chi connectivity index (χ4v) is 2.88. The van der Waals surface area contributed by atoms with Crippen molar-refractivity contribution >= 4 is 0 Å². The summed E-state index contributed by atoms with van der Waals surface area (Å²) in [6.07, 6.45) is -0.157. The minimum atomic E-state index is -0.816. The molecule has 4 heteroatoms. The highest BCUT2D eigenvalue weighted by Crippen LogP contribution is 2.49. The monoisotopic (exact) mass is 298 g/mol. The first-order valence-electron chi connectivity index (χ1n) is 7.52. The Morgan fingerprint density at radius 3 is 2.32 bits per heavy atom. The summed E-state index contributed by atoms with van der Waals surface area (Å²) in [6, 6.07) is 19.9. The normalized spacial score (nSPS) is 32.7. The zero-order chi connectivity index (χ0) is 15.0. The van der Waals surface area contributed by atoms with Crippen LogP contribution in [0.2, 0.25) is 0 Å². The molecule has 22 heavy (non-hydrogen) atoms. The number of rotatable bonds is 6. The Labute approximate surface area is 129 Å². The van der Waals surface area contributed by atoms with Gasteiger partial charge in [0.25, 0.3) is 0 Å². The van der Waals surface area contributed by atoms with Gasteiger partial charge in [0.2, 0.25) is 5.79 Å². The first-order chi connectivity index (χ1) is 10.8. The van der Waals surface area contributed by atoms with E-state index in [1.165, 1.54) is 5.56 Å². The standard InChI is InChI=1S/C18H18O4/c19-11-16-18(22-16,14-9-5-2-6-10-14)20-12-15-17(21-15)13-7-3-1-4-8-13/h1-10,15-17,19H,11-12H2. The zero-order valence-corrected chi connectivity index (χ0v) is 12.1. The number of benzene rings is 2. The molecule has 2 heterocycles. The molecule has 2 aromatic carbocycles. The van der Waals surface area contributed by atoms with Gasteiger partial charge < -0.3 is 19.3 Å². The largest absolute Gasteiger partial charge is 0.393 e. The number of aliphatic hydroxyl groups excluding tert-OH is 1. The van der Waals surface area contributed by atoms with Gasteiger partial charge in [0.15, 0.2) is 0 Å². The lowest BCUT2D eigenvalue weighted by atomic mass is 10.1. The van der Waals surface area contributed by atoms with E-state index in [9.17, 15) is 5.11 Å². The van der Waals surface area contributed by atoms with Crippen molar-refractivity contribution in [1.29, 1.82) is 0 Å². The van der Waals surface area contributed by atoms with E-state index < -0.39 is 5.79 Å². The Balaban J connectivity index is 1.41. The maximum absolute atomic E-state index is 9.38. The number of aliphatic hydroxyl groups is 1. The van der Waals surface area contributed by atoms with Gasteiger partial charge in [-0.05, 0) is 5.56 Å². The second kappa shape index (κ2) is 5.48. The van der Waals surface area contributed by atoms with E-state index in [1.807, 2.05) is 48.5 Å². The molecule has 2 saturated heterocycles. The van der Waals surface area contributed by atoms with E-state index >= 15 is 0 Å². The highest BCUT2D eigenvalue weighted by atomic mass is 16.8. The zero-order valence-electron chi connectivity index (χ0n) is 12.1. The molecule has 0 radical (unpaired) electrons. The average molecular weight is 298 g/mol. The molecular weight excluding hydrogens is 280 g/mol. The quantitative estimate of drug-likeness (QED) is 0.832. The van der Waals surface area contributed by atoms with Gasteiger partial charge in [-0.1, -0.05) is 60.7 Å². The Morgan fingerprint density at radius 2 is 1.68 bits per heavy atom. The SMILES string of the molecule is OCC1OC1(OCC1OC1c1ccccc1)c1ccccc1. The molecule has 2 fully saturated rings. The van der Waals surface area contributed by atoms with Crippen molar-refractivity contribution in [3.63, 3.8) is 0 Å². The third-order valence-electron chi connectivity index (χ3n) is 4.20. The smallest absolute Gasteiger partial charge is 0.225 e. The Hall–Kier alpha value is -1.72. The van der Waals surface area contributed by atoms with Crippen molar-refractivity contribution in [2.24, 2.45) is 0 Å². The number of hydrogen-bond acceptors (Lipinski definition) is 4. The molecule has 0 spiro atoms. The molecule has 2 aromatic rings. The van der Waals surface area contributed by atoms with Crippen molar-refractivity contribution in [3.05, 3.63) is 71.8 Å². The topological polar surface area (TPSA) is 54.5 Å². The number of ether oxygens (including phenoxy) is 3. The minimum absolute atomic E-state index is 0.0477. The lowest BCUT2D eigenvalue weighted by Crippen LogP contribution is -2.22. The highest BCUT2D eigenvalue weighted by molar-refractivity contribution is 5.27. The van der Waals surface area contributed by atoms with Crippen molar-refractivity contribution in [1.82, 2.24) is 0 Å². The van der Waals surface area contributed by atoms with Gasteiger partial charge >= 0.3 is 0 Å². The maximum Gasteiger partial charge on any atom is 0.225 e. The summed E-state index contributed by atoms with van der Waals surface area (Å²) in [5.41, 5.74) is 2.10. The third kappa shape index (κ3) is 2.44. The van der Waals surface area contributed by atoms with Gasteiger partial charge in [0, 0.05) is 5.56 Å². The maximum atomic E-state index is 9.38. The molecule has 0 aromatic heterocycles. The lowest BCUT2D eigenvalue weighted by molar-refractivity contribution is -0.0543. The molecular formula is C18H18O4. The van der Waals surface area contributed by atoms with E-state index in [0.29, 0.717) is 6.61 Å². The summed E-state index contributed by atoms with van der Waals surface area (Å²) in [4.78, 5) is 0. The van der Waals surface area contributed by atoms with Crippen molar-refractivity contribution < 1.29 is 19.3 Å². The molecule has 114 valence electrons. The molecule has 4 unspecified atom stereocenters. The third-order valence-corrected chi connectivity index (χ3v) is 4.20. The average Bonchev–Trinajstić information content (AvgIpc) is 3.49. The summed E-state index contributed by atoms with van der Waals surface area (Å²) in [5.74, 6) is -0.816. The molecule has 0 aliphatic carbocycles. The first-order valence-corrected chi connectivity index (χ1v) is 7.52. The van der Waals surface area contributed by atoms with Crippen LogP contribution < -0.4 is 0 Å². The molecule has 0 bridgehead atoms. The molecule has 0 saturated carbocycles. The van der Waals surface area contributed by atoms with Crippen LogP contribution in [0.25, 0.3) is 0 Å². The van der Waals surface area contributed by atoms with Crippen LogP contribution in [0.5, 0.6) is 0 Å². The second-order valence-corrected chi connectivity index (χ2v) is 5.64. The van der Waals surface area contributed by atoms with Gasteiger partial charge in [-0.15, -0.1) is 0 Å². The molecule has 2 aliphatic rings. The molecule has 4 nitrogen and oxygen atoms in total. The van der Waals surface area contributed by atoms with E-state index in [1.54, 1.807) is 0 Å². The van der Waals surface area contributed by atoms with Gasteiger partial charge in [-0.25, -0.2) is 0 Å². The summed E-state index contributed by atoms with van der Waals surface area (Å²) in [5, 5.41) is 9.38. The fourth-order valence-electron chi connectivity index (χ4n) is 2.88. The molecule has 1 N–H and O–H groups in total. The van der Waals surface area contributed by atoms with E-state index in [0.717, 1.165) is 5.56 Å². The van der Waals surface area contributed by atoms with Crippen LogP contribution in [-0.2, 0) is 20.0 Å². The van der Waals surface area contributed by atoms with Gasteiger partial charge in [0.1, 0.15) is 18.3 Å². The number of epoxide rings is 2.